The predicted molar refractivity (Wildman–Crippen MR) is 80.0 cm³/mol. The number of furan rings is 1. The molecule has 7 heteroatoms. The zero-order valence-corrected chi connectivity index (χ0v) is 12.7. The molecule has 0 aliphatic carbocycles. The van der Waals surface area contributed by atoms with Gasteiger partial charge in [0.2, 0.25) is 11.8 Å². The van der Waals surface area contributed by atoms with E-state index >= 15 is 0 Å². The maximum absolute atomic E-state index is 12.4. The first kappa shape index (κ1) is 14.8. The highest BCUT2D eigenvalue weighted by Crippen LogP contribution is 2.17. The molecule has 1 unspecified atom stereocenters. The van der Waals surface area contributed by atoms with Crippen LogP contribution >= 0.6 is 11.3 Å². The molecule has 3 rings (SSSR count). The highest BCUT2D eigenvalue weighted by atomic mass is 32.1. The lowest BCUT2D eigenvalue weighted by Gasteiger charge is -2.34. The van der Waals surface area contributed by atoms with Gasteiger partial charge in [0, 0.05) is 4.88 Å². The summed E-state index contributed by atoms with van der Waals surface area (Å²) >= 11 is 1.56. The zero-order chi connectivity index (χ0) is 15.4. The van der Waals surface area contributed by atoms with Gasteiger partial charge in [-0.15, -0.1) is 11.3 Å². The maximum Gasteiger partial charge on any atom is 0.249 e. The van der Waals surface area contributed by atoms with Crippen molar-refractivity contribution >= 4 is 23.2 Å². The Kier molecular flexibility index (Phi) is 4.55. The summed E-state index contributed by atoms with van der Waals surface area (Å²) in [6, 6.07) is 6.81. The van der Waals surface area contributed by atoms with E-state index in [1.807, 2.05) is 17.5 Å². The van der Waals surface area contributed by atoms with Crippen molar-refractivity contribution in [3.05, 3.63) is 46.5 Å². The Morgan fingerprint density at radius 2 is 2.32 bits per heavy atom. The van der Waals surface area contributed by atoms with Crippen molar-refractivity contribution in [2.45, 2.75) is 19.1 Å². The fraction of sp³-hybridized carbons (Fsp3) is 0.333. The molecular formula is C15H16N2O4S. The molecule has 22 heavy (non-hydrogen) atoms. The fourth-order valence-corrected chi connectivity index (χ4v) is 3.00. The minimum absolute atomic E-state index is 0.0212. The summed E-state index contributed by atoms with van der Waals surface area (Å²) in [6.45, 7) is 0.955. The first-order valence-corrected chi connectivity index (χ1v) is 7.81. The van der Waals surface area contributed by atoms with Crippen LogP contribution in [0.1, 0.15) is 10.6 Å². The van der Waals surface area contributed by atoms with Gasteiger partial charge in [0.1, 0.15) is 18.4 Å². The second kappa shape index (κ2) is 6.76. The summed E-state index contributed by atoms with van der Waals surface area (Å²) in [5.74, 6) is 0.264. The molecule has 2 aromatic rings. The molecule has 0 bridgehead atoms. The molecule has 2 amide bonds. The molecule has 0 spiro atoms. The van der Waals surface area contributed by atoms with Crippen LogP contribution in [0.25, 0.3) is 0 Å². The third kappa shape index (κ3) is 3.37. The first-order valence-electron chi connectivity index (χ1n) is 6.94. The van der Waals surface area contributed by atoms with Crippen molar-refractivity contribution in [3.8, 4) is 0 Å². The Labute approximate surface area is 131 Å². The van der Waals surface area contributed by atoms with Gasteiger partial charge in [-0.05, 0) is 23.6 Å². The summed E-state index contributed by atoms with van der Waals surface area (Å²) in [7, 11) is 0. The largest absolute Gasteiger partial charge is 0.467 e. The lowest BCUT2D eigenvalue weighted by Crippen LogP contribution is -2.55. The Balaban J connectivity index is 1.65. The Morgan fingerprint density at radius 1 is 1.41 bits per heavy atom. The number of morpholine rings is 1. The van der Waals surface area contributed by atoms with Gasteiger partial charge in [-0.25, -0.2) is 0 Å². The molecule has 1 saturated heterocycles. The molecule has 116 valence electrons. The van der Waals surface area contributed by atoms with Crippen LogP contribution < -0.4 is 5.32 Å². The van der Waals surface area contributed by atoms with Crippen LogP contribution in [-0.2, 0) is 27.4 Å². The standard InChI is InChI=1S/C15H16N2O4S/c18-14-10-20-9-13(17(14)8-12-4-2-6-22-12)15(19)16-7-11-3-1-5-21-11/h1-6,13H,7-10H2,(H,16,19). The molecule has 6 nitrogen and oxygen atoms in total. The molecule has 3 heterocycles. The highest BCUT2D eigenvalue weighted by Gasteiger charge is 2.34. The van der Waals surface area contributed by atoms with E-state index in [1.165, 1.54) is 0 Å². The van der Waals surface area contributed by atoms with Crippen LogP contribution in [0.3, 0.4) is 0 Å². The molecule has 1 atom stereocenters. The van der Waals surface area contributed by atoms with Crippen molar-refractivity contribution in [1.29, 1.82) is 0 Å². The number of amides is 2. The number of nitrogens with zero attached hydrogens (tertiary/aromatic N) is 1. The van der Waals surface area contributed by atoms with Crippen LogP contribution in [-0.4, -0.2) is 36.0 Å². The Morgan fingerprint density at radius 3 is 3.05 bits per heavy atom. The number of rotatable bonds is 5. The number of nitrogens with one attached hydrogen (secondary N) is 1. The van der Waals surface area contributed by atoms with E-state index < -0.39 is 6.04 Å². The number of ether oxygens (including phenoxy) is 1. The summed E-state index contributed by atoms with van der Waals surface area (Å²) in [4.78, 5) is 27.0. The van der Waals surface area contributed by atoms with E-state index in [-0.39, 0.29) is 25.0 Å². The first-order chi connectivity index (χ1) is 10.7. The quantitative estimate of drug-likeness (QED) is 0.903. The fourth-order valence-electron chi connectivity index (χ4n) is 2.30. The summed E-state index contributed by atoms with van der Waals surface area (Å²) in [5.41, 5.74) is 0. The van der Waals surface area contributed by atoms with Gasteiger partial charge in [0.25, 0.3) is 0 Å². The van der Waals surface area contributed by atoms with E-state index in [0.29, 0.717) is 18.8 Å². The average Bonchev–Trinajstić information content (AvgIpc) is 3.20. The van der Waals surface area contributed by atoms with Gasteiger partial charge < -0.3 is 19.4 Å². The third-order valence-corrected chi connectivity index (χ3v) is 4.28. The second-order valence-electron chi connectivity index (χ2n) is 4.93. The minimum atomic E-state index is -0.613. The lowest BCUT2D eigenvalue weighted by molar-refractivity contribution is -0.155. The molecular weight excluding hydrogens is 304 g/mol. The molecule has 0 saturated carbocycles. The maximum atomic E-state index is 12.4. The summed E-state index contributed by atoms with van der Waals surface area (Å²) in [5, 5.41) is 4.73. The summed E-state index contributed by atoms with van der Waals surface area (Å²) < 4.78 is 10.4. The van der Waals surface area contributed by atoms with Crippen molar-refractivity contribution in [3.63, 3.8) is 0 Å². The summed E-state index contributed by atoms with van der Waals surface area (Å²) in [6.07, 6.45) is 1.55. The predicted octanol–water partition coefficient (Wildman–Crippen LogP) is 1.38. The molecule has 0 aromatic carbocycles. The average molecular weight is 320 g/mol. The van der Waals surface area contributed by atoms with Crippen LogP contribution in [0.2, 0.25) is 0 Å². The van der Waals surface area contributed by atoms with Gasteiger partial charge in [0.15, 0.2) is 0 Å². The third-order valence-electron chi connectivity index (χ3n) is 3.42. The van der Waals surface area contributed by atoms with E-state index in [9.17, 15) is 9.59 Å². The van der Waals surface area contributed by atoms with E-state index in [2.05, 4.69) is 5.32 Å². The van der Waals surface area contributed by atoms with Crippen LogP contribution in [0.15, 0.2) is 40.3 Å². The van der Waals surface area contributed by atoms with Gasteiger partial charge >= 0.3 is 0 Å². The van der Waals surface area contributed by atoms with Gasteiger partial charge in [-0.2, -0.15) is 0 Å². The van der Waals surface area contributed by atoms with Crippen LogP contribution in [0.5, 0.6) is 0 Å². The number of thiophene rings is 1. The molecule has 2 aromatic heterocycles. The number of carbonyl (C=O) groups is 2. The van der Waals surface area contributed by atoms with Crippen LogP contribution in [0.4, 0.5) is 0 Å². The second-order valence-corrected chi connectivity index (χ2v) is 5.96. The molecule has 1 N–H and O–H groups in total. The normalized spacial score (nSPS) is 18.5. The van der Waals surface area contributed by atoms with E-state index in [1.54, 1.807) is 34.6 Å². The zero-order valence-electron chi connectivity index (χ0n) is 11.9. The minimum Gasteiger partial charge on any atom is -0.467 e. The Hall–Kier alpha value is -2.12. The number of hydrogen-bond donors (Lipinski definition) is 1. The smallest absolute Gasteiger partial charge is 0.249 e. The van der Waals surface area contributed by atoms with Crippen molar-refractivity contribution in [1.82, 2.24) is 10.2 Å². The van der Waals surface area contributed by atoms with Gasteiger partial charge in [0.05, 0.1) is 26.0 Å². The van der Waals surface area contributed by atoms with Crippen molar-refractivity contribution in [2.24, 2.45) is 0 Å². The van der Waals surface area contributed by atoms with E-state index in [4.69, 9.17) is 9.15 Å². The van der Waals surface area contributed by atoms with Crippen LogP contribution in [0, 0.1) is 0 Å². The molecule has 0 radical (unpaired) electrons. The van der Waals surface area contributed by atoms with Gasteiger partial charge in [-0.1, -0.05) is 6.07 Å². The van der Waals surface area contributed by atoms with E-state index in [0.717, 1.165) is 4.88 Å². The SMILES string of the molecule is O=C(NCc1ccco1)C1COCC(=O)N1Cc1cccs1. The lowest BCUT2D eigenvalue weighted by atomic mass is 10.2. The van der Waals surface area contributed by atoms with Crippen molar-refractivity contribution < 1.29 is 18.7 Å². The highest BCUT2D eigenvalue weighted by molar-refractivity contribution is 7.09. The van der Waals surface area contributed by atoms with Gasteiger partial charge in [-0.3, -0.25) is 9.59 Å². The molecule has 1 fully saturated rings. The number of hydrogen-bond acceptors (Lipinski definition) is 5. The molecule has 1 aliphatic rings. The monoisotopic (exact) mass is 320 g/mol. The molecule has 1 aliphatic heterocycles. The Bertz CT molecular complexity index is 624. The number of carbonyl (C=O) groups excluding carboxylic acids is 2. The topological polar surface area (TPSA) is 71.8 Å². The van der Waals surface area contributed by atoms with Crippen molar-refractivity contribution in [2.75, 3.05) is 13.2 Å².